The van der Waals surface area contributed by atoms with Crippen LogP contribution in [0.1, 0.15) is 53.4 Å². The minimum Gasteiger partial charge on any atom is -0.382 e. The Kier molecular flexibility index (Phi) is 9.69. The zero-order valence-electron chi connectivity index (χ0n) is 12.4. The Morgan fingerprint density at radius 3 is 2.22 bits per heavy atom. The second-order valence-electron chi connectivity index (χ2n) is 4.39. The molecule has 0 aromatic heterocycles. The van der Waals surface area contributed by atoms with Gasteiger partial charge in [0.25, 0.3) is 0 Å². The van der Waals surface area contributed by atoms with Crippen LogP contribution in [0.15, 0.2) is 4.99 Å². The van der Waals surface area contributed by atoms with Gasteiger partial charge in [0.05, 0.1) is 0 Å². The highest BCUT2D eigenvalue weighted by Crippen LogP contribution is 2.18. The number of hydrogen-bond donors (Lipinski definition) is 3. The third-order valence-corrected chi connectivity index (χ3v) is 3.47. The average molecular weight is 258 g/mol. The first-order valence-corrected chi connectivity index (χ1v) is 7.04. The highest BCUT2D eigenvalue weighted by Gasteiger charge is 2.24. The van der Waals surface area contributed by atoms with Gasteiger partial charge < -0.3 is 10.1 Å². The number of guanidine groups is 1. The molecular formula is C13H30N4O. The Morgan fingerprint density at radius 2 is 1.78 bits per heavy atom. The predicted molar refractivity (Wildman–Crippen MR) is 77.5 cm³/mol. The molecule has 0 radical (unpaired) electrons. The van der Waals surface area contributed by atoms with Gasteiger partial charge in [0.15, 0.2) is 0 Å². The molecule has 0 heterocycles. The fourth-order valence-corrected chi connectivity index (χ4v) is 1.89. The molecule has 108 valence electrons. The fraction of sp³-hybridized carbons (Fsp3) is 0.923. The van der Waals surface area contributed by atoms with Crippen LogP contribution in [0.2, 0.25) is 0 Å². The lowest BCUT2D eigenvalue weighted by atomic mass is 9.90. The molecule has 0 fully saturated rings. The highest BCUT2D eigenvalue weighted by molar-refractivity contribution is 5.79. The number of hydrazine groups is 1. The van der Waals surface area contributed by atoms with E-state index in [-0.39, 0.29) is 5.54 Å². The molecule has 0 amide bonds. The smallest absolute Gasteiger partial charge is 0.206 e. The first-order chi connectivity index (χ1) is 8.67. The van der Waals surface area contributed by atoms with E-state index in [0.29, 0.717) is 5.96 Å². The molecule has 18 heavy (non-hydrogen) atoms. The van der Waals surface area contributed by atoms with Gasteiger partial charge in [-0.15, -0.1) is 0 Å². The van der Waals surface area contributed by atoms with Crippen molar-refractivity contribution >= 4 is 5.96 Å². The van der Waals surface area contributed by atoms with Gasteiger partial charge in [0.2, 0.25) is 5.96 Å². The summed E-state index contributed by atoms with van der Waals surface area (Å²) in [7, 11) is 0. The average Bonchev–Trinajstić information content (AvgIpc) is 2.43. The monoisotopic (exact) mass is 258 g/mol. The number of nitrogens with one attached hydrogen (secondary N) is 2. The van der Waals surface area contributed by atoms with Crippen LogP contribution in [0.25, 0.3) is 0 Å². The zero-order chi connectivity index (χ0) is 13.9. The van der Waals surface area contributed by atoms with Crippen molar-refractivity contribution in [2.45, 2.75) is 58.9 Å². The number of nitrogens with zero attached hydrogens (tertiary/aromatic N) is 1. The highest BCUT2D eigenvalue weighted by atomic mass is 16.5. The molecule has 5 nitrogen and oxygen atoms in total. The minimum atomic E-state index is 0.0884. The van der Waals surface area contributed by atoms with Gasteiger partial charge in [-0.2, -0.15) is 0 Å². The number of nitrogens with two attached hydrogens (primary N) is 1. The molecule has 0 aliphatic carbocycles. The molecule has 0 spiro atoms. The van der Waals surface area contributed by atoms with Crippen molar-refractivity contribution in [3.05, 3.63) is 0 Å². The normalized spacial score (nSPS) is 12.6. The van der Waals surface area contributed by atoms with Gasteiger partial charge in [-0.05, 0) is 32.6 Å². The second-order valence-corrected chi connectivity index (χ2v) is 4.39. The lowest BCUT2D eigenvalue weighted by Crippen LogP contribution is -2.53. The van der Waals surface area contributed by atoms with Gasteiger partial charge in [0, 0.05) is 25.3 Å². The van der Waals surface area contributed by atoms with E-state index in [1.54, 1.807) is 0 Å². The summed E-state index contributed by atoms with van der Waals surface area (Å²) in [6.07, 6.45) is 4.08. The van der Waals surface area contributed by atoms with Gasteiger partial charge in [-0.25, -0.2) is 5.84 Å². The third-order valence-electron chi connectivity index (χ3n) is 3.47. The lowest BCUT2D eigenvalue weighted by Gasteiger charge is -2.33. The van der Waals surface area contributed by atoms with Crippen molar-refractivity contribution < 1.29 is 4.74 Å². The van der Waals surface area contributed by atoms with Crippen LogP contribution in [0.3, 0.4) is 0 Å². The molecule has 0 aliphatic rings. The molecule has 0 aliphatic heterocycles. The minimum absolute atomic E-state index is 0.0884. The predicted octanol–water partition coefficient (Wildman–Crippen LogP) is 1.79. The van der Waals surface area contributed by atoms with Crippen molar-refractivity contribution in [1.82, 2.24) is 10.7 Å². The van der Waals surface area contributed by atoms with Crippen LogP contribution in [-0.4, -0.2) is 31.3 Å². The summed E-state index contributed by atoms with van der Waals surface area (Å²) in [6, 6.07) is 0. The van der Waals surface area contributed by atoms with E-state index in [1.165, 1.54) is 0 Å². The van der Waals surface area contributed by atoms with Crippen LogP contribution in [-0.2, 0) is 4.74 Å². The Hall–Kier alpha value is -0.810. The van der Waals surface area contributed by atoms with Gasteiger partial charge in [-0.1, -0.05) is 20.8 Å². The molecule has 0 saturated carbocycles. The van der Waals surface area contributed by atoms with Crippen LogP contribution < -0.4 is 16.6 Å². The molecule has 0 aromatic carbocycles. The van der Waals surface area contributed by atoms with E-state index in [9.17, 15) is 0 Å². The number of hydrogen-bond acceptors (Lipinski definition) is 3. The molecule has 0 unspecified atom stereocenters. The molecule has 0 aromatic rings. The van der Waals surface area contributed by atoms with Gasteiger partial charge in [-0.3, -0.25) is 10.4 Å². The maximum Gasteiger partial charge on any atom is 0.206 e. The fourth-order valence-electron chi connectivity index (χ4n) is 1.89. The topological polar surface area (TPSA) is 71.7 Å². The third kappa shape index (κ3) is 6.21. The quantitative estimate of drug-likeness (QED) is 0.194. The lowest BCUT2D eigenvalue weighted by molar-refractivity contribution is 0.146. The standard InChI is InChI=1S/C13H30N4O/c1-5-13(6-2,7-3)16-12(17-14)15-10-9-11-18-8-4/h5-11,14H2,1-4H3,(H2,15,16,17). The number of ether oxygens (including phenoxy) is 1. The molecular weight excluding hydrogens is 228 g/mol. The SMILES string of the molecule is CCOCCCN=C(NN)NC(CC)(CC)CC. The maximum absolute atomic E-state index is 5.51. The first kappa shape index (κ1) is 17.2. The van der Waals surface area contributed by atoms with Crippen molar-refractivity contribution in [2.75, 3.05) is 19.8 Å². The number of rotatable bonds is 9. The summed E-state index contributed by atoms with van der Waals surface area (Å²) < 4.78 is 5.27. The van der Waals surface area contributed by atoms with Crippen LogP contribution in [0.5, 0.6) is 0 Å². The van der Waals surface area contributed by atoms with Crippen LogP contribution >= 0.6 is 0 Å². The van der Waals surface area contributed by atoms with Gasteiger partial charge in [0.1, 0.15) is 0 Å². The molecule has 0 bridgehead atoms. The van der Waals surface area contributed by atoms with Gasteiger partial charge >= 0.3 is 0 Å². The Morgan fingerprint density at radius 1 is 1.17 bits per heavy atom. The van der Waals surface area contributed by atoms with Crippen LogP contribution in [0.4, 0.5) is 0 Å². The summed E-state index contributed by atoms with van der Waals surface area (Å²) >= 11 is 0. The van der Waals surface area contributed by atoms with E-state index in [1.807, 2.05) is 6.92 Å². The molecule has 5 heteroatoms. The molecule has 4 N–H and O–H groups in total. The van der Waals surface area contributed by atoms with Crippen molar-refractivity contribution in [3.63, 3.8) is 0 Å². The Bertz CT molecular complexity index is 219. The van der Waals surface area contributed by atoms with E-state index in [4.69, 9.17) is 10.6 Å². The molecule has 0 saturated heterocycles. The van der Waals surface area contributed by atoms with Crippen molar-refractivity contribution in [2.24, 2.45) is 10.8 Å². The zero-order valence-corrected chi connectivity index (χ0v) is 12.4. The van der Waals surface area contributed by atoms with E-state index in [2.05, 4.69) is 36.5 Å². The molecule has 0 atom stereocenters. The van der Waals surface area contributed by atoms with E-state index < -0.39 is 0 Å². The molecule has 0 rings (SSSR count). The van der Waals surface area contributed by atoms with Crippen LogP contribution in [0, 0.1) is 0 Å². The second kappa shape index (κ2) is 10.1. The van der Waals surface area contributed by atoms with Crippen molar-refractivity contribution in [3.8, 4) is 0 Å². The van der Waals surface area contributed by atoms with E-state index in [0.717, 1.165) is 45.4 Å². The first-order valence-electron chi connectivity index (χ1n) is 7.04. The summed E-state index contributed by atoms with van der Waals surface area (Å²) in [5.74, 6) is 6.19. The maximum atomic E-state index is 5.51. The summed E-state index contributed by atoms with van der Waals surface area (Å²) in [5.41, 5.74) is 2.74. The Labute approximate surface area is 112 Å². The summed E-state index contributed by atoms with van der Waals surface area (Å²) in [5, 5.41) is 3.43. The van der Waals surface area contributed by atoms with Crippen molar-refractivity contribution in [1.29, 1.82) is 0 Å². The summed E-state index contributed by atoms with van der Waals surface area (Å²) in [4.78, 5) is 4.43. The number of aliphatic imine (C=N–C) groups is 1. The van der Waals surface area contributed by atoms with E-state index >= 15 is 0 Å². The summed E-state index contributed by atoms with van der Waals surface area (Å²) in [6.45, 7) is 10.8. The largest absolute Gasteiger partial charge is 0.382 e. The Balaban J connectivity index is 4.26.